The van der Waals surface area contributed by atoms with Gasteiger partial charge >= 0.3 is 0 Å². The number of rotatable bonds is 2. The van der Waals surface area contributed by atoms with Crippen LogP contribution in [-0.2, 0) is 6.42 Å². The van der Waals surface area contributed by atoms with E-state index in [1.807, 2.05) is 13.0 Å². The minimum Gasteiger partial charge on any atom is -0.383 e. The molecule has 0 unspecified atom stereocenters. The van der Waals surface area contributed by atoms with E-state index in [0.29, 0.717) is 22.8 Å². The van der Waals surface area contributed by atoms with Crippen molar-refractivity contribution < 1.29 is 4.39 Å². The van der Waals surface area contributed by atoms with E-state index in [0.717, 1.165) is 11.1 Å². The maximum Gasteiger partial charge on any atom is 0.126 e. The van der Waals surface area contributed by atoms with Gasteiger partial charge in [0.15, 0.2) is 0 Å². The van der Waals surface area contributed by atoms with E-state index in [2.05, 4.69) is 4.98 Å². The maximum absolute atomic E-state index is 13.1. The van der Waals surface area contributed by atoms with Crippen LogP contribution in [0.15, 0.2) is 30.5 Å². The minimum atomic E-state index is -0.302. The highest BCUT2D eigenvalue weighted by Crippen LogP contribution is 2.22. The molecule has 2 rings (SSSR count). The summed E-state index contributed by atoms with van der Waals surface area (Å²) in [6.07, 6.45) is 2.18. The van der Waals surface area contributed by atoms with Crippen molar-refractivity contribution in [2.45, 2.75) is 13.3 Å². The SMILES string of the molecule is Cc1cnc(N)c(Cc2cc(F)ccc2Cl)c1. The fraction of sp³-hybridized carbons (Fsp3) is 0.154. The Bertz CT molecular complexity index is 506. The number of nitrogens with two attached hydrogens (primary N) is 1. The van der Waals surface area contributed by atoms with Crippen molar-refractivity contribution in [2.75, 3.05) is 5.73 Å². The van der Waals surface area contributed by atoms with E-state index in [4.69, 9.17) is 17.3 Å². The predicted molar refractivity (Wildman–Crippen MR) is 67.6 cm³/mol. The number of hydrogen-bond donors (Lipinski definition) is 1. The molecule has 88 valence electrons. The van der Waals surface area contributed by atoms with Crippen molar-refractivity contribution >= 4 is 17.4 Å². The average Bonchev–Trinajstić information content (AvgIpc) is 2.28. The second-order valence-electron chi connectivity index (χ2n) is 3.97. The third-order valence-corrected chi connectivity index (χ3v) is 2.90. The Kier molecular flexibility index (Phi) is 3.29. The second kappa shape index (κ2) is 4.72. The van der Waals surface area contributed by atoms with Crippen LogP contribution in [-0.4, -0.2) is 4.98 Å². The molecule has 0 atom stereocenters. The molecule has 2 nitrogen and oxygen atoms in total. The van der Waals surface area contributed by atoms with Gasteiger partial charge in [0.05, 0.1) is 0 Å². The molecule has 2 aromatic rings. The third kappa shape index (κ3) is 2.74. The number of benzene rings is 1. The molecule has 0 bridgehead atoms. The summed E-state index contributed by atoms with van der Waals surface area (Å²) >= 11 is 6.01. The monoisotopic (exact) mass is 250 g/mol. The Morgan fingerprint density at radius 1 is 1.29 bits per heavy atom. The van der Waals surface area contributed by atoms with Crippen LogP contribution < -0.4 is 5.73 Å². The van der Waals surface area contributed by atoms with E-state index in [-0.39, 0.29) is 5.82 Å². The van der Waals surface area contributed by atoms with Crippen LogP contribution in [0.3, 0.4) is 0 Å². The van der Waals surface area contributed by atoms with Gasteiger partial charge < -0.3 is 5.73 Å². The highest BCUT2D eigenvalue weighted by molar-refractivity contribution is 6.31. The summed E-state index contributed by atoms with van der Waals surface area (Å²) in [7, 11) is 0. The van der Waals surface area contributed by atoms with Gasteiger partial charge in [-0.2, -0.15) is 0 Å². The van der Waals surface area contributed by atoms with Gasteiger partial charge in [-0.1, -0.05) is 17.7 Å². The fourth-order valence-corrected chi connectivity index (χ4v) is 1.85. The van der Waals surface area contributed by atoms with Crippen molar-refractivity contribution in [3.8, 4) is 0 Å². The molecule has 0 fully saturated rings. The van der Waals surface area contributed by atoms with Crippen LogP contribution >= 0.6 is 11.6 Å². The zero-order valence-electron chi connectivity index (χ0n) is 9.37. The first-order valence-corrected chi connectivity index (χ1v) is 5.59. The zero-order valence-corrected chi connectivity index (χ0v) is 10.1. The lowest BCUT2D eigenvalue weighted by Crippen LogP contribution is -2.00. The van der Waals surface area contributed by atoms with E-state index in [1.165, 1.54) is 12.1 Å². The summed E-state index contributed by atoms with van der Waals surface area (Å²) in [5.41, 5.74) is 8.37. The number of aryl methyl sites for hydroxylation is 1. The molecule has 2 N–H and O–H groups in total. The van der Waals surface area contributed by atoms with Crippen molar-refractivity contribution in [3.05, 3.63) is 58.0 Å². The summed E-state index contributed by atoms with van der Waals surface area (Å²) in [5, 5.41) is 0.535. The lowest BCUT2D eigenvalue weighted by atomic mass is 10.0. The van der Waals surface area contributed by atoms with Gasteiger partial charge in [0, 0.05) is 17.6 Å². The summed E-state index contributed by atoms with van der Waals surface area (Å²) in [5.74, 6) is 0.152. The standard InChI is InChI=1S/C13H12ClFN2/c1-8-4-10(13(16)17-7-8)5-9-6-11(15)2-3-12(9)14/h2-4,6-7H,5H2,1H3,(H2,16,17). The van der Waals surface area contributed by atoms with Crippen LogP contribution in [0.25, 0.3) is 0 Å². The molecule has 0 radical (unpaired) electrons. The lowest BCUT2D eigenvalue weighted by Gasteiger charge is -2.08. The van der Waals surface area contributed by atoms with Crippen LogP contribution in [0.1, 0.15) is 16.7 Å². The largest absolute Gasteiger partial charge is 0.383 e. The maximum atomic E-state index is 13.1. The lowest BCUT2D eigenvalue weighted by molar-refractivity contribution is 0.626. The van der Waals surface area contributed by atoms with Gasteiger partial charge in [0.1, 0.15) is 11.6 Å². The number of nitrogen functional groups attached to an aromatic ring is 1. The summed E-state index contributed by atoms with van der Waals surface area (Å²) in [6.45, 7) is 1.93. The summed E-state index contributed by atoms with van der Waals surface area (Å²) in [6, 6.07) is 6.24. The molecule has 1 aromatic heterocycles. The molecule has 0 spiro atoms. The Morgan fingerprint density at radius 3 is 2.82 bits per heavy atom. The minimum absolute atomic E-state index is 0.302. The van der Waals surface area contributed by atoms with Gasteiger partial charge in [0.25, 0.3) is 0 Å². The molecule has 1 aromatic carbocycles. The summed E-state index contributed by atoms with van der Waals surface area (Å²) < 4.78 is 13.1. The molecule has 0 amide bonds. The molecule has 0 saturated heterocycles. The Hall–Kier alpha value is -1.61. The first-order chi connectivity index (χ1) is 8.06. The number of hydrogen-bond acceptors (Lipinski definition) is 2. The van der Waals surface area contributed by atoms with Crippen molar-refractivity contribution in [2.24, 2.45) is 0 Å². The summed E-state index contributed by atoms with van der Waals surface area (Å²) in [4.78, 5) is 4.07. The normalized spacial score (nSPS) is 10.5. The van der Waals surface area contributed by atoms with Crippen LogP contribution in [0.4, 0.5) is 10.2 Å². The van der Waals surface area contributed by atoms with Crippen LogP contribution in [0, 0.1) is 12.7 Å². The number of halogens is 2. The second-order valence-corrected chi connectivity index (χ2v) is 4.38. The Labute approximate surface area is 104 Å². The molecule has 0 aliphatic heterocycles. The van der Waals surface area contributed by atoms with E-state index in [1.54, 1.807) is 12.3 Å². The smallest absolute Gasteiger partial charge is 0.126 e. The Balaban J connectivity index is 2.37. The first kappa shape index (κ1) is 11.9. The molecular weight excluding hydrogens is 239 g/mol. The molecule has 4 heteroatoms. The van der Waals surface area contributed by atoms with E-state index in [9.17, 15) is 4.39 Å². The fourth-order valence-electron chi connectivity index (χ4n) is 1.67. The van der Waals surface area contributed by atoms with Crippen molar-refractivity contribution in [3.63, 3.8) is 0 Å². The van der Waals surface area contributed by atoms with Crippen molar-refractivity contribution in [1.29, 1.82) is 0 Å². The molecule has 1 heterocycles. The van der Waals surface area contributed by atoms with Gasteiger partial charge in [-0.25, -0.2) is 9.37 Å². The predicted octanol–water partition coefficient (Wildman–Crippen LogP) is 3.36. The molecule has 17 heavy (non-hydrogen) atoms. The zero-order chi connectivity index (χ0) is 12.4. The highest BCUT2D eigenvalue weighted by Gasteiger charge is 2.07. The van der Waals surface area contributed by atoms with Gasteiger partial charge in [-0.3, -0.25) is 0 Å². The first-order valence-electron chi connectivity index (χ1n) is 5.21. The number of nitrogens with zero attached hydrogens (tertiary/aromatic N) is 1. The van der Waals surface area contributed by atoms with Gasteiger partial charge in [-0.15, -0.1) is 0 Å². The van der Waals surface area contributed by atoms with Gasteiger partial charge in [-0.05, 0) is 41.8 Å². The molecular formula is C13H12ClFN2. The Morgan fingerprint density at radius 2 is 2.06 bits per heavy atom. The van der Waals surface area contributed by atoms with E-state index >= 15 is 0 Å². The number of pyridine rings is 1. The van der Waals surface area contributed by atoms with Crippen LogP contribution in [0.5, 0.6) is 0 Å². The molecule has 0 aliphatic carbocycles. The topological polar surface area (TPSA) is 38.9 Å². The third-order valence-electron chi connectivity index (χ3n) is 2.53. The molecule has 0 saturated carbocycles. The van der Waals surface area contributed by atoms with Gasteiger partial charge in [0.2, 0.25) is 0 Å². The average molecular weight is 251 g/mol. The molecule has 0 aliphatic rings. The quantitative estimate of drug-likeness (QED) is 0.888. The number of anilines is 1. The number of aromatic nitrogens is 1. The van der Waals surface area contributed by atoms with Crippen molar-refractivity contribution in [1.82, 2.24) is 4.98 Å². The highest BCUT2D eigenvalue weighted by atomic mass is 35.5. The van der Waals surface area contributed by atoms with E-state index < -0.39 is 0 Å². The van der Waals surface area contributed by atoms with Crippen LogP contribution in [0.2, 0.25) is 5.02 Å².